The van der Waals surface area contributed by atoms with Crippen LogP contribution < -0.4 is 10.6 Å². The van der Waals surface area contributed by atoms with E-state index in [1.165, 1.54) is 12.1 Å². The first-order chi connectivity index (χ1) is 11.5. The monoisotopic (exact) mass is 330 g/mol. The zero-order valence-electron chi connectivity index (χ0n) is 13.3. The zero-order chi connectivity index (χ0) is 17.5. The molecule has 0 aliphatic carbocycles. The molecule has 0 aliphatic heterocycles. The highest BCUT2D eigenvalue weighted by atomic mass is 19.1. The van der Waals surface area contributed by atoms with Gasteiger partial charge in [-0.25, -0.2) is 4.39 Å². The Morgan fingerprint density at radius 3 is 2.50 bits per heavy atom. The van der Waals surface area contributed by atoms with Gasteiger partial charge in [0.25, 0.3) is 0 Å². The molecular weight excluding hydrogens is 311 g/mol. The lowest BCUT2D eigenvalue weighted by Gasteiger charge is -2.18. The molecule has 0 heterocycles. The molecule has 0 radical (unpaired) electrons. The molecule has 6 heteroatoms. The number of benzene rings is 2. The minimum absolute atomic E-state index is 0.0476. The maximum absolute atomic E-state index is 13.7. The number of carbonyl (C=O) groups excluding carboxylic acids is 2. The normalized spacial score (nSPS) is 11.6. The van der Waals surface area contributed by atoms with Gasteiger partial charge in [-0.05, 0) is 36.6 Å². The van der Waals surface area contributed by atoms with E-state index in [0.29, 0.717) is 0 Å². The molecule has 24 heavy (non-hydrogen) atoms. The van der Waals surface area contributed by atoms with Gasteiger partial charge in [0.15, 0.2) is 0 Å². The summed E-state index contributed by atoms with van der Waals surface area (Å²) >= 11 is 0. The number of nitrogens with one attached hydrogen (secondary N) is 2. The Hall–Kier alpha value is -2.73. The van der Waals surface area contributed by atoms with Crippen LogP contribution in [0.2, 0.25) is 0 Å². The summed E-state index contributed by atoms with van der Waals surface area (Å²) in [5.41, 5.74) is 1.48. The van der Waals surface area contributed by atoms with Gasteiger partial charge in [0.05, 0.1) is 11.7 Å². The summed E-state index contributed by atoms with van der Waals surface area (Å²) in [4.78, 5) is 24.1. The fraction of sp³-hybridized carbons (Fsp3) is 0.222. The number of hydrogen-bond donors (Lipinski definition) is 3. The van der Waals surface area contributed by atoms with Crippen molar-refractivity contribution in [3.05, 3.63) is 65.5 Å². The molecule has 0 aliphatic rings. The molecule has 5 nitrogen and oxygen atoms in total. The topological polar surface area (TPSA) is 78.4 Å². The van der Waals surface area contributed by atoms with Crippen molar-refractivity contribution in [2.45, 2.75) is 19.4 Å². The number of halogens is 1. The second-order valence-electron chi connectivity index (χ2n) is 5.39. The quantitative estimate of drug-likeness (QED) is 0.736. The Morgan fingerprint density at radius 1 is 1.12 bits per heavy atom. The minimum atomic E-state index is -0.960. The van der Waals surface area contributed by atoms with Crippen LogP contribution in [0.4, 0.5) is 10.1 Å². The van der Waals surface area contributed by atoms with Crippen LogP contribution in [0.3, 0.4) is 0 Å². The molecule has 126 valence electrons. The number of hydrogen-bond acceptors (Lipinski definition) is 3. The molecule has 2 rings (SSSR count). The van der Waals surface area contributed by atoms with Gasteiger partial charge < -0.3 is 15.7 Å². The maximum Gasteiger partial charge on any atom is 0.313 e. The third-order valence-corrected chi connectivity index (χ3v) is 3.50. The summed E-state index contributed by atoms with van der Waals surface area (Å²) in [6.07, 6.45) is 0.266. The number of amides is 2. The van der Waals surface area contributed by atoms with E-state index in [1.54, 1.807) is 37.3 Å². The predicted octanol–water partition coefficient (Wildman–Crippen LogP) is 2.31. The summed E-state index contributed by atoms with van der Waals surface area (Å²) in [5, 5.41) is 14.0. The van der Waals surface area contributed by atoms with Gasteiger partial charge in [-0.15, -0.1) is 0 Å². The number of aryl methyl sites for hydroxylation is 1. The van der Waals surface area contributed by atoms with E-state index in [4.69, 9.17) is 5.11 Å². The van der Waals surface area contributed by atoms with Crippen LogP contribution in [0.1, 0.15) is 23.6 Å². The van der Waals surface area contributed by atoms with Gasteiger partial charge in [-0.2, -0.15) is 0 Å². The molecule has 2 aromatic carbocycles. The van der Waals surface area contributed by atoms with E-state index in [2.05, 4.69) is 10.6 Å². The van der Waals surface area contributed by atoms with Crippen molar-refractivity contribution in [2.24, 2.45) is 0 Å². The number of aliphatic hydroxyl groups is 1. The molecular formula is C18H19FN2O3. The van der Waals surface area contributed by atoms with Crippen LogP contribution >= 0.6 is 0 Å². The van der Waals surface area contributed by atoms with Crippen LogP contribution in [0, 0.1) is 12.7 Å². The molecule has 0 aromatic heterocycles. The average Bonchev–Trinajstić information content (AvgIpc) is 2.58. The highest BCUT2D eigenvalue weighted by Gasteiger charge is 2.20. The standard InChI is InChI=1S/C18H19FN2O3/c1-12-7-8-14(19)16(11-12)21-18(24)17(23)20-15(9-10-22)13-5-3-2-4-6-13/h2-8,11,15,22H,9-10H2,1H3,(H,20,23)(H,21,24). The highest BCUT2D eigenvalue weighted by Crippen LogP contribution is 2.17. The first kappa shape index (κ1) is 17.6. The number of aliphatic hydroxyl groups excluding tert-OH is 1. The Labute approximate surface area is 139 Å². The van der Waals surface area contributed by atoms with Gasteiger partial charge in [0.2, 0.25) is 0 Å². The highest BCUT2D eigenvalue weighted by molar-refractivity contribution is 6.39. The second-order valence-corrected chi connectivity index (χ2v) is 5.39. The van der Waals surface area contributed by atoms with Gasteiger partial charge in [-0.3, -0.25) is 9.59 Å². The Bertz CT molecular complexity index is 719. The third-order valence-electron chi connectivity index (χ3n) is 3.50. The fourth-order valence-electron chi connectivity index (χ4n) is 2.27. The molecule has 0 saturated carbocycles. The molecule has 0 bridgehead atoms. The Kier molecular flexibility index (Phi) is 6.03. The zero-order valence-corrected chi connectivity index (χ0v) is 13.3. The number of carbonyl (C=O) groups is 2. The van der Waals surface area contributed by atoms with E-state index in [1.807, 2.05) is 6.07 Å². The SMILES string of the molecule is Cc1ccc(F)c(NC(=O)C(=O)NC(CCO)c2ccccc2)c1. The number of rotatable bonds is 5. The lowest BCUT2D eigenvalue weighted by Crippen LogP contribution is -2.38. The van der Waals surface area contributed by atoms with E-state index >= 15 is 0 Å². The van der Waals surface area contributed by atoms with Crippen molar-refractivity contribution in [2.75, 3.05) is 11.9 Å². The van der Waals surface area contributed by atoms with Gasteiger partial charge >= 0.3 is 11.8 Å². The maximum atomic E-state index is 13.7. The molecule has 0 saturated heterocycles. The van der Waals surface area contributed by atoms with E-state index in [9.17, 15) is 14.0 Å². The Balaban J connectivity index is 2.06. The smallest absolute Gasteiger partial charge is 0.313 e. The van der Waals surface area contributed by atoms with Crippen molar-refractivity contribution in [1.29, 1.82) is 0 Å². The molecule has 0 fully saturated rings. The van der Waals surface area contributed by atoms with Crippen LogP contribution in [0.15, 0.2) is 48.5 Å². The Morgan fingerprint density at radius 2 is 1.83 bits per heavy atom. The van der Waals surface area contributed by atoms with Crippen molar-refractivity contribution < 1.29 is 19.1 Å². The van der Waals surface area contributed by atoms with Crippen LogP contribution in [0.5, 0.6) is 0 Å². The van der Waals surface area contributed by atoms with E-state index in [-0.39, 0.29) is 18.7 Å². The van der Waals surface area contributed by atoms with Crippen LogP contribution in [-0.4, -0.2) is 23.5 Å². The van der Waals surface area contributed by atoms with Crippen molar-refractivity contribution in [3.8, 4) is 0 Å². The summed E-state index contributed by atoms with van der Waals surface area (Å²) < 4.78 is 13.7. The largest absolute Gasteiger partial charge is 0.396 e. The van der Waals surface area contributed by atoms with Crippen LogP contribution in [0.25, 0.3) is 0 Å². The average molecular weight is 330 g/mol. The van der Waals surface area contributed by atoms with E-state index < -0.39 is 23.7 Å². The first-order valence-corrected chi connectivity index (χ1v) is 7.55. The number of anilines is 1. The van der Waals surface area contributed by atoms with E-state index in [0.717, 1.165) is 11.1 Å². The van der Waals surface area contributed by atoms with Crippen LogP contribution in [-0.2, 0) is 9.59 Å². The predicted molar refractivity (Wildman–Crippen MR) is 88.8 cm³/mol. The lowest BCUT2D eigenvalue weighted by molar-refractivity contribution is -0.136. The first-order valence-electron chi connectivity index (χ1n) is 7.55. The van der Waals surface area contributed by atoms with Crippen molar-refractivity contribution in [3.63, 3.8) is 0 Å². The van der Waals surface area contributed by atoms with Gasteiger partial charge in [0.1, 0.15) is 5.82 Å². The molecule has 0 spiro atoms. The molecule has 3 N–H and O–H groups in total. The summed E-state index contributed by atoms with van der Waals surface area (Å²) in [6.45, 7) is 1.61. The third kappa shape index (κ3) is 4.63. The summed E-state index contributed by atoms with van der Waals surface area (Å²) in [7, 11) is 0. The van der Waals surface area contributed by atoms with Gasteiger partial charge in [-0.1, -0.05) is 36.4 Å². The summed E-state index contributed by atoms with van der Waals surface area (Å²) in [5.74, 6) is -2.46. The molecule has 2 aromatic rings. The minimum Gasteiger partial charge on any atom is -0.396 e. The lowest BCUT2D eigenvalue weighted by atomic mass is 10.0. The second kappa shape index (κ2) is 8.21. The molecule has 1 atom stereocenters. The molecule has 1 unspecified atom stereocenters. The molecule has 2 amide bonds. The summed E-state index contributed by atoms with van der Waals surface area (Å²) in [6, 6.07) is 12.7. The van der Waals surface area contributed by atoms with Gasteiger partial charge in [0, 0.05) is 6.61 Å². The fourth-order valence-corrected chi connectivity index (χ4v) is 2.27. The van der Waals surface area contributed by atoms with Crippen molar-refractivity contribution >= 4 is 17.5 Å². The van der Waals surface area contributed by atoms with Crippen molar-refractivity contribution in [1.82, 2.24) is 5.32 Å².